The summed E-state index contributed by atoms with van der Waals surface area (Å²) in [6, 6.07) is 6.10. The zero-order valence-corrected chi connectivity index (χ0v) is 12.0. The summed E-state index contributed by atoms with van der Waals surface area (Å²) < 4.78 is 0. The van der Waals surface area contributed by atoms with Crippen LogP contribution in [-0.4, -0.2) is 30.1 Å². The predicted molar refractivity (Wildman–Crippen MR) is 79.2 cm³/mol. The third-order valence-electron chi connectivity index (χ3n) is 2.85. The topological polar surface area (TPSA) is 108 Å². The van der Waals surface area contributed by atoms with Crippen molar-refractivity contribution in [3.8, 4) is 0 Å². The SMILES string of the molecule is CNC(=O)Nc1ccc(NC(=O)C(C)=C(C)C(=O)O)cc1. The Morgan fingerprint density at radius 1 is 0.905 bits per heavy atom. The number of urea groups is 1. The Balaban J connectivity index is 2.76. The average molecular weight is 291 g/mol. The van der Waals surface area contributed by atoms with Gasteiger partial charge in [0.15, 0.2) is 0 Å². The highest BCUT2D eigenvalue weighted by atomic mass is 16.4. The number of carbonyl (C=O) groups is 3. The minimum absolute atomic E-state index is 0.00889. The maximum absolute atomic E-state index is 11.9. The van der Waals surface area contributed by atoms with Crippen LogP contribution in [0.4, 0.5) is 16.2 Å². The maximum Gasteiger partial charge on any atom is 0.331 e. The van der Waals surface area contributed by atoms with Gasteiger partial charge in [-0.1, -0.05) is 0 Å². The number of nitrogens with one attached hydrogen (secondary N) is 3. The number of aliphatic carboxylic acids is 1. The molecule has 4 N–H and O–H groups in total. The molecule has 0 unspecified atom stereocenters. The monoisotopic (exact) mass is 291 g/mol. The molecule has 0 radical (unpaired) electrons. The molecule has 112 valence electrons. The van der Waals surface area contributed by atoms with E-state index in [1.54, 1.807) is 24.3 Å². The fourth-order valence-electron chi connectivity index (χ4n) is 1.39. The molecule has 7 heteroatoms. The van der Waals surface area contributed by atoms with E-state index in [2.05, 4.69) is 16.0 Å². The first kappa shape index (κ1) is 16.2. The van der Waals surface area contributed by atoms with Crippen LogP contribution in [0.1, 0.15) is 13.8 Å². The normalized spacial score (nSPS) is 11.2. The first-order valence-electron chi connectivity index (χ1n) is 6.16. The smallest absolute Gasteiger partial charge is 0.331 e. The molecule has 0 atom stereocenters. The second-order valence-corrected chi connectivity index (χ2v) is 4.29. The molecule has 0 saturated carbocycles. The molecule has 0 spiro atoms. The van der Waals surface area contributed by atoms with Gasteiger partial charge < -0.3 is 21.1 Å². The van der Waals surface area contributed by atoms with Gasteiger partial charge >= 0.3 is 12.0 Å². The molecule has 1 rings (SSSR count). The number of rotatable bonds is 4. The second-order valence-electron chi connectivity index (χ2n) is 4.29. The van der Waals surface area contributed by atoms with Crippen molar-refractivity contribution < 1.29 is 19.5 Å². The van der Waals surface area contributed by atoms with Crippen molar-refractivity contribution in [3.63, 3.8) is 0 Å². The van der Waals surface area contributed by atoms with Crippen LogP contribution in [0.5, 0.6) is 0 Å². The van der Waals surface area contributed by atoms with E-state index in [9.17, 15) is 14.4 Å². The summed E-state index contributed by atoms with van der Waals surface area (Å²) in [6.45, 7) is 2.81. The molecule has 0 heterocycles. The Kier molecular flexibility index (Phi) is 5.48. The van der Waals surface area contributed by atoms with Gasteiger partial charge in [-0.05, 0) is 38.1 Å². The Labute approximate surface area is 122 Å². The molecular weight excluding hydrogens is 274 g/mol. The summed E-state index contributed by atoms with van der Waals surface area (Å²) in [4.78, 5) is 33.8. The quantitative estimate of drug-likeness (QED) is 0.634. The molecular formula is C14H17N3O4. The lowest BCUT2D eigenvalue weighted by Gasteiger charge is -2.08. The molecule has 7 nitrogen and oxygen atoms in total. The van der Waals surface area contributed by atoms with Crippen LogP contribution in [0.25, 0.3) is 0 Å². The molecule has 0 aliphatic rings. The van der Waals surface area contributed by atoms with Gasteiger partial charge in [-0.2, -0.15) is 0 Å². The maximum atomic E-state index is 11.9. The van der Waals surface area contributed by atoms with Gasteiger partial charge in [0.25, 0.3) is 5.91 Å². The van der Waals surface area contributed by atoms with Crippen LogP contribution in [-0.2, 0) is 9.59 Å². The van der Waals surface area contributed by atoms with Gasteiger partial charge in [-0.15, -0.1) is 0 Å². The number of anilines is 2. The Bertz CT molecular complexity index is 591. The van der Waals surface area contributed by atoms with Crippen molar-refractivity contribution in [3.05, 3.63) is 35.4 Å². The number of amides is 3. The molecule has 0 fully saturated rings. The Morgan fingerprint density at radius 2 is 1.38 bits per heavy atom. The van der Waals surface area contributed by atoms with Gasteiger partial charge in [-0.3, -0.25) is 4.79 Å². The number of hydrogen-bond acceptors (Lipinski definition) is 3. The van der Waals surface area contributed by atoms with Gasteiger partial charge in [0.1, 0.15) is 0 Å². The van der Waals surface area contributed by atoms with Crippen molar-refractivity contribution in [2.24, 2.45) is 0 Å². The third-order valence-corrected chi connectivity index (χ3v) is 2.85. The van der Waals surface area contributed by atoms with Crippen LogP contribution in [0.2, 0.25) is 0 Å². The third kappa shape index (κ3) is 4.64. The van der Waals surface area contributed by atoms with E-state index >= 15 is 0 Å². The molecule has 0 bridgehead atoms. The summed E-state index contributed by atoms with van der Waals surface area (Å²) in [6.07, 6.45) is 0. The second kappa shape index (κ2) is 7.09. The lowest BCUT2D eigenvalue weighted by Crippen LogP contribution is -2.24. The molecule has 1 aromatic rings. The van der Waals surface area contributed by atoms with Crippen LogP contribution >= 0.6 is 0 Å². The van der Waals surface area contributed by atoms with Crippen molar-refractivity contribution >= 4 is 29.3 Å². The van der Waals surface area contributed by atoms with Crippen LogP contribution in [0.15, 0.2) is 35.4 Å². The molecule has 0 aliphatic heterocycles. The number of carboxylic acid groups (broad SMARTS) is 1. The Hall–Kier alpha value is -2.83. The number of carboxylic acids is 1. The highest BCUT2D eigenvalue weighted by Crippen LogP contribution is 2.15. The van der Waals surface area contributed by atoms with Gasteiger partial charge in [0.2, 0.25) is 0 Å². The number of carbonyl (C=O) groups excluding carboxylic acids is 2. The molecule has 0 aliphatic carbocycles. The summed E-state index contributed by atoms with van der Waals surface area (Å²) >= 11 is 0. The van der Waals surface area contributed by atoms with Gasteiger partial charge in [-0.25, -0.2) is 9.59 Å². The summed E-state index contributed by atoms with van der Waals surface area (Å²) in [5.41, 5.74) is 1.20. The van der Waals surface area contributed by atoms with E-state index in [4.69, 9.17) is 5.11 Å². The standard InChI is InChI=1S/C14H17N3O4/c1-8(9(2)13(19)20)12(18)16-10-4-6-11(7-5-10)17-14(21)15-3/h4-7H,1-3H3,(H,16,18)(H,19,20)(H2,15,17,21). The van der Waals surface area contributed by atoms with Crippen molar-refractivity contribution in [2.75, 3.05) is 17.7 Å². The first-order valence-corrected chi connectivity index (χ1v) is 6.16. The molecule has 1 aromatic carbocycles. The van der Waals surface area contributed by atoms with Crippen molar-refractivity contribution in [1.29, 1.82) is 0 Å². The Morgan fingerprint density at radius 3 is 1.81 bits per heavy atom. The summed E-state index contributed by atoms with van der Waals surface area (Å²) in [5.74, 6) is -1.62. The van der Waals surface area contributed by atoms with E-state index in [1.807, 2.05) is 0 Å². The zero-order chi connectivity index (χ0) is 16.0. The first-order chi connectivity index (χ1) is 9.85. The molecule has 0 saturated heterocycles. The van der Waals surface area contributed by atoms with Crippen LogP contribution < -0.4 is 16.0 Å². The molecule has 3 amide bonds. The van der Waals surface area contributed by atoms with E-state index in [0.29, 0.717) is 11.4 Å². The number of hydrogen-bond donors (Lipinski definition) is 4. The van der Waals surface area contributed by atoms with Gasteiger partial charge in [0.05, 0.1) is 0 Å². The fourth-order valence-corrected chi connectivity index (χ4v) is 1.39. The largest absolute Gasteiger partial charge is 0.478 e. The zero-order valence-electron chi connectivity index (χ0n) is 12.0. The summed E-state index contributed by atoms with van der Waals surface area (Å²) in [5, 5.41) is 16.4. The highest BCUT2D eigenvalue weighted by Gasteiger charge is 2.12. The van der Waals surface area contributed by atoms with E-state index in [0.717, 1.165) is 0 Å². The molecule has 21 heavy (non-hydrogen) atoms. The lowest BCUT2D eigenvalue weighted by atomic mass is 10.1. The van der Waals surface area contributed by atoms with E-state index in [-0.39, 0.29) is 17.2 Å². The summed E-state index contributed by atoms with van der Waals surface area (Å²) in [7, 11) is 1.50. The highest BCUT2D eigenvalue weighted by molar-refractivity contribution is 6.08. The van der Waals surface area contributed by atoms with E-state index in [1.165, 1.54) is 20.9 Å². The van der Waals surface area contributed by atoms with Crippen LogP contribution in [0.3, 0.4) is 0 Å². The minimum atomic E-state index is -1.13. The predicted octanol–water partition coefficient (Wildman–Crippen LogP) is 1.80. The molecule has 0 aromatic heterocycles. The average Bonchev–Trinajstić information content (AvgIpc) is 2.47. The van der Waals surface area contributed by atoms with Crippen molar-refractivity contribution in [2.45, 2.75) is 13.8 Å². The fraction of sp³-hybridized carbons (Fsp3) is 0.214. The lowest BCUT2D eigenvalue weighted by molar-refractivity contribution is -0.133. The minimum Gasteiger partial charge on any atom is -0.478 e. The van der Waals surface area contributed by atoms with Gasteiger partial charge in [0, 0.05) is 29.6 Å². The number of benzene rings is 1. The van der Waals surface area contributed by atoms with E-state index < -0.39 is 11.9 Å². The van der Waals surface area contributed by atoms with Crippen molar-refractivity contribution in [1.82, 2.24) is 5.32 Å². The van der Waals surface area contributed by atoms with Crippen LogP contribution in [0, 0.1) is 0 Å².